The lowest BCUT2D eigenvalue weighted by Gasteiger charge is -2.13. The molecule has 0 amide bonds. The minimum absolute atomic E-state index is 0.225. The first-order valence-electron chi connectivity index (χ1n) is 6.37. The van der Waals surface area contributed by atoms with Crippen LogP contribution >= 0.6 is 12.2 Å². The summed E-state index contributed by atoms with van der Waals surface area (Å²) in [5.74, 6) is 1.60. The molecule has 5 heteroatoms. The van der Waals surface area contributed by atoms with Crippen LogP contribution in [0.2, 0.25) is 0 Å². The molecule has 0 aliphatic rings. The summed E-state index contributed by atoms with van der Waals surface area (Å²) in [6.45, 7) is 6.27. The van der Waals surface area contributed by atoms with Crippen LogP contribution in [0.3, 0.4) is 0 Å². The minimum atomic E-state index is 0.225. The van der Waals surface area contributed by atoms with Gasteiger partial charge in [-0.15, -0.1) is 0 Å². The highest BCUT2D eigenvalue weighted by atomic mass is 32.1. The maximum Gasteiger partial charge on any atom is 0.237 e. The van der Waals surface area contributed by atoms with Crippen molar-refractivity contribution < 1.29 is 4.74 Å². The molecule has 0 saturated heterocycles. The second-order valence-electron chi connectivity index (χ2n) is 4.90. The first-order valence-corrected chi connectivity index (χ1v) is 6.78. The van der Waals surface area contributed by atoms with Crippen LogP contribution in [0.5, 0.6) is 11.6 Å². The fourth-order valence-corrected chi connectivity index (χ4v) is 1.92. The Morgan fingerprint density at radius 2 is 2.00 bits per heavy atom. The number of aromatic nitrogens is 2. The molecule has 104 valence electrons. The van der Waals surface area contributed by atoms with Crippen molar-refractivity contribution in [2.24, 2.45) is 5.73 Å². The number of benzene rings is 1. The Labute approximate surface area is 124 Å². The van der Waals surface area contributed by atoms with Gasteiger partial charge in [0.05, 0.1) is 12.4 Å². The number of nitrogens with zero attached hydrogens (tertiary/aromatic N) is 2. The number of rotatable bonds is 4. The van der Waals surface area contributed by atoms with Gasteiger partial charge in [0.2, 0.25) is 5.88 Å². The van der Waals surface area contributed by atoms with E-state index in [0.717, 1.165) is 16.9 Å². The van der Waals surface area contributed by atoms with Crippen molar-refractivity contribution >= 4 is 17.2 Å². The summed E-state index contributed by atoms with van der Waals surface area (Å²) in [7, 11) is 0. The Balaban J connectivity index is 2.29. The molecule has 1 aromatic carbocycles. The van der Waals surface area contributed by atoms with Gasteiger partial charge in [-0.05, 0) is 30.0 Å². The molecule has 4 nitrogen and oxygen atoms in total. The van der Waals surface area contributed by atoms with Crippen LogP contribution < -0.4 is 10.5 Å². The van der Waals surface area contributed by atoms with Crippen molar-refractivity contribution in [3.05, 3.63) is 47.4 Å². The summed E-state index contributed by atoms with van der Waals surface area (Å²) in [5.41, 5.74) is 8.25. The van der Waals surface area contributed by atoms with Crippen LogP contribution in [0.4, 0.5) is 0 Å². The normalized spacial score (nSPS) is 10.6. The summed E-state index contributed by atoms with van der Waals surface area (Å²) in [5, 5.41) is 0. The molecule has 0 radical (unpaired) electrons. The summed E-state index contributed by atoms with van der Waals surface area (Å²) >= 11 is 4.84. The average Bonchev–Trinajstić information content (AvgIpc) is 2.39. The van der Waals surface area contributed by atoms with E-state index in [0.29, 0.717) is 17.5 Å². The van der Waals surface area contributed by atoms with Gasteiger partial charge in [-0.25, -0.2) is 9.97 Å². The van der Waals surface area contributed by atoms with E-state index in [1.54, 1.807) is 0 Å². The number of thiocarbonyl (C=S) groups is 1. The third-order valence-corrected chi connectivity index (χ3v) is 3.10. The highest BCUT2D eigenvalue weighted by Crippen LogP contribution is 2.30. The summed E-state index contributed by atoms with van der Waals surface area (Å²) in [6, 6.07) is 6.15. The number of aryl methyl sites for hydroxylation is 1. The summed E-state index contributed by atoms with van der Waals surface area (Å²) in [6.07, 6.45) is 3.05. The molecule has 2 aromatic rings. The van der Waals surface area contributed by atoms with E-state index in [1.807, 2.05) is 13.0 Å². The standard InChI is InChI=1S/C15H17N3OS/c1-9(2)11-5-4-10(3)6-13(11)19-14-8-17-12(7-18-14)15(16)20/h4-9H,1-3H3,(H2,16,20). The topological polar surface area (TPSA) is 61.0 Å². The van der Waals surface area contributed by atoms with E-state index >= 15 is 0 Å². The first-order chi connectivity index (χ1) is 9.47. The molecule has 1 heterocycles. The molecule has 0 unspecified atom stereocenters. The fourth-order valence-electron chi connectivity index (χ4n) is 1.82. The van der Waals surface area contributed by atoms with Gasteiger partial charge in [-0.2, -0.15) is 0 Å². The molecule has 0 fully saturated rings. The molecule has 0 spiro atoms. The van der Waals surface area contributed by atoms with Gasteiger partial charge in [-0.1, -0.05) is 38.2 Å². The number of ether oxygens (including phenoxy) is 1. The van der Waals surface area contributed by atoms with Gasteiger partial charge in [0.25, 0.3) is 0 Å². The maximum atomic E-state index is 5.83. The second kappa shape index (κ2) is 5.96. The Morgan fingerprint density at radius 3 is 2.55 bits per heavy atom. The zero-order valence-electron chi connectivity index (χ0n) is 11.8. The highest BCUT2D eigenvalue weighted by molar-refractivity contribution is 7.80. The van der Waals surface area contributed by atoms with Crippen LogP contribution in [-0.2, 0) is 0 Å². The molecular formula is C15H17N3OS. The zero-order valence-corrected chi connectivity index (χ0v) is 12.6. The molecule has 1 aromatic heterocycles. The molecule has 0 atom stereocenters. The van der Waals surface area contributed by atoms with Crippen LogP contribution in [0, 0.1) is 6.92 Å². The minimum Gasteiger partial charge on any atom is -0.437 e. The van der Waals surface area contributed by atoms with Crippen molar-refractivity contribution in [1.29, 1.82) is 0 Å². The smallest absolute Gasteiger partial charge is 0.237 e. The van der Waals surface area contributed by atoms with Gasteiger partial charge in [0.1, 0.15) is 16.4 Å². The van der Waals surface area contributed by atoms with E-state index in [9.17, 15) is 0 Å². The Kier molecular flexibility index (Phi) is 4.29. The summed E-state index contributed by atoms with van der Waals surface area (Å²) in [4.78, 5) is 8.52. The highest BCUT2D eigenvalue weighted by Gasteiger charge is 2.10. The van der Waals surface area contributed by atoms with Crippen molar-refractivity contribution in [1.82, 2.24) is 9.97 Å². The first kappa shape index (κ1) is 14.4. The van der Waals surface area contributed by atoms with Crippen LogP contribution in [-0.4, -0.2) is 15.0 Å². The van der Waals surface area contributed by atoms with Crippen molar-refractivity contribution in [3.63, 3.8) is 0 Å². The van der Waals surface area contributed by atoms with Gasteiger partial charge in [0, 0.05) is 0 Å². The summed E-state index contributed by atoms with van der Waals surface area (Å²) < 4.78 is 5.83. The fraction of sp³-hybridized carbons (Fsp3) is 0.267. The Bertz CT molecular complexity index is 624. The van der Waals surface area contributed by atoms with E-state index in [-0.39, 0.29) is 4.99 Å². The van der Waals surface area contributed by atoms with Gasteiger partial charge >= 0.3 is 0 Å². The third-order valence-electron chi connectivity index (χ3n) is 2.89. The molecule has 2 N–H and O–H groups in total. The van der Waals surface area contributed by atoms with Crippen LogP contribution in [0.1, 0.15) is 36.6 Å². The number of hydrogen-bond acceptors (Lipinski definition) is 4. The molecule has 20 heavy (non-hydrogen) atoms. The van der Waals surface area contributed by atoms with E-state index in [2.05, 4.69) is 35.9 Å². The SMILES string of the molecule is Cc1ccc(C(C)C)c(Oc2cnc(C(N)=S)cn2)c1. The van der Waals surface area contributed by atoms with Gasteiger partial charge in [-0.3, -0.25) is 0 Å². The lowest BCUT2D eigenvalue weighted by molar-refractivity contribution is 0.451. The molecule has 0 aliphatic heterocycles. The predicted octanol–water partition coefficient (Wildman–Crippen LogP) is 3.33. The molecular weight excluding hydrogens is 270 g/mol. The van der Waals surface area contributed by atoms with Crippen molar-refractivity contribution in [2.45, 2.75) is 26.7 Å². The maximum absolute atomic E-state index is 5.83. The second-order valence-corrected chi connectivity index (χ2v) is 5.34. The lowest BCUT2D eigenvalue weighted by atomic mass is 10.0. The van der Waals surface area contributed by atoms with Crippen molar-refractivity contribution in [3.8, 4) is 11.6 Å². The molecule has 0 aliphatic carbocycles. The Morgan fingerprint density at radius 1 is 1.25 bits per heavy atom. The number of nitrogens with two attached hydrogens (primary N) is 1. The third kappa shape index (κ3) is 3.30. The average molecular weight is 287 g/mol. The predicted molar refractivity (Wildman–Crippen MR) is 83.3 cm³/mol. The van der Waals surface area contributed by atoms with E-state index in [4.69, 9.17) is 22.7 Å². The molecule has 0 saturated carbocycles. The van der Waals surface area contributed by atoms with E-state index < -0.39 is 0 Å². The quantitative estimate of drug-likeness (QED) is 0.874. The lowest BCUT2D eigenvalue weighted by Crippen LogP contribution is -2.11. The van der Waals surface area contributed by atoms with Crippen LogP contribution in [0.25, 0.3) is 0 Å². The monoisotopic (exact) mass is 287 g/mol. The molecule has 0 bridgehead atoms. The van der Waals surface area contributed by atoms with E-state index in [1.165, 1.54) is 12.4 Å². The van der Waals surface area contributed by atoms with Gasteiger partial charge in [0.15, 0.2) is 0 Å². The van der Waals surface area contributed by atoms with Crippen molar-refractivity contribution in [2.75, 3.05) is 0 Å². The number of hydrogen-bond donors (Lipinski definition) is 1. The van der Waals surface area contributed by atoms with Crippen LogP contribution in [0.15, 0.2) is 30.6 Å². The largest absolute Gasteiger partial charge is 0.437 e. The Hall–Kier alpha value is -2.01. The van der Waals surface area contributed by atoms with Gasteiger partial charge < -0.3 is 10.5 Å². The molecule has 2 rings (SSSR count). The zero-order chi connectivity index (χ0) is 14.7.